The van der Waals surface area contributed by atoms with E-state index in [1.165, 1.54) is 0 Å². The van der Waals surface area contributed by atoms with Gasteiger partial charge in [0, 0.05) is 24.4 Å². The lowest BCUT2D eigenvalue weighted by atomic mass is 10.5. The molecule has 0 aromatic heterocycles. The predicted octanol–water partition coefficient (Wildman–Crippen LogP) is 2.47. The summed E-state index contributed by atoms with van der Waals surface area (Å²) < 4.78 is 22.6. The lowest BCUT2D eigenvalue weighted by molar-refractivity contribution is -0.138. The summed E-state index contributed by atoms with van der Waals surface area (Å²) in [5.74, 6) is -0.510. The quantitative estimate of drug-likeness (QED) is 0.371. The molecular weight excluding hydrogens is 264 g/mol. The Morgan fingerprint density at radius 3 is 1.63 bits per heavy atom. The summed E-state index contributed by atoms with van der Waals surface area (Å²) in [5.41, 5.74) is 0. The van der Waals surface area contributed by atoms with Gasteiger partial charge in [0.05, 0.1) is 0 Å². The zero-order valence-electron chi connectivity index (χ0n) is 12.8. The van der Waals surface area contributed by atoms with Crippen LogP contribution < -0.4 is 0 Å². The second-order valence-electron chi connectivity index (χ2n) is 4.99. The Bertz CT molecular complexity index is 262. The number of hydrogen-bond donors (Lipinski definition) is 0. The van der Waals surface area contributed by atoms with E-state index in [1.54, 1.807) is 0 Å². The summed E-state index contributed by atoms with van der Waals surface area (Å²) in [6.07, 6.45) is 0.871. The summed E-state index contributed by atoms with van der Waals surface area (Å²) in [7, 11) is -3.05. The van der Waals surface area contributed by atoms with Gasteiger partial charge in [0.15, 0.2) is 6.23 Å². The maximum absolute atomic E-state index is 11.2. The minimum absolute atomic E-state index is 0.00755. The van der Waals surface area contributed by atoms with Crippen LogP contribution in [-0.2, 0) is 22.8 Å². The third-order valence-corrected chi connectivity index (χ3v) is 4.79. The van der Waals surface area contributed by atoms with Crippen molar-refractivity contribution in [1.82, 2.24) is 0 Å². The first-order valence-corrected chi connectivity index (χ1v) is 8.46. The topological polar surface area (TPSA) is 54.0 Å². The second-order valence-corrected chi connectivity index (χ2v) is 7.36. The molecule has 0 unspecified atom stereocenters. The normalized spacial score (nSPS) is 12.3. The van der Waals surface area contributed by atoms with Gasteiger partial charge in [-0.25, -0.2) is 4.79 Å². The average molecular weight is 290 g/mol. The number of hydrogen-bond acceptors (Lipinski definition) is 5. The fraction of sp³-hybridized carbons (Fsp3) is 0.769. The van der Waals surface area contributed by atoms with Gasteiger partial charge in [-0.2, -0.15) is 0 Å². The van der Waals surface area contributed by atoms with Crippen LogP contribution in [0.15, 0.2) is 12.7 Å². The van der Waals surface area contributed by atoms with E-state index >= 15 is 0 Å². The number of carbonyl (C=O) groups is 1. The van der Waals surface area contributed by atoms with Crippen LogP contribution in [0.25, 0.3) is 0 Å². The molecule has 0 saturated heterocycles. The third-order valence-electron chi connectivity index (χ3n) is 1.80. The molecule has 0 aliphatic rings. The van der Waals surface area contributed by atoms with Crippen LogP contribution in [0.4, 0.5) is 0 Å². The molecule has 19 heavy (non-hydrogen) atoms. The van der Waals surface area contributed by atoms with E-state index in [4.69, 9.17) is 18.0 Å². The van der Waals surface area contributed by atoms with Crippen molar-refractivity contribution in [3.63, 3.8) is 0 Å². The minimum atomic E-state index is -3.05. The summed E-state index contributed by atoms with van der Waals surface area (Å²) >= 11 is 0. The molecule has 0 aliphatic heterocycles. The molecule has 0 aromatic rings. The van der Waals surface area contributed by atoms with Gasteiger partial charge in [-0.05, 0) is 41.5 Å². The Balaban J connectivity index is 4.97. The molecule has 6 heteroatoms. The third kappa shape index (κ3) is 8.15. The first kappa shape index (κ1) is 18.3. The Morgan fingerprint density at radius 1 is 1.00 bits per heavy atom. The van der Waals surface area contributed by atoms with Crippen molar-refractivity contribution in [2.75, 3.05) is 6.23 Å². The van der Waals surface area contributed by atoms with Crippen molar-refractivity contribution in [2.45, 2.75) is 59.9 Å². The molecule has 0 heterocycles. The van der Waals surface area contributed by atoms with E-state index in [0.29, 0.717) is 0 Å². The SMILES string of the molecule is C=CC(=O)OC[Si](OC(C)C)(OC(C)C)OC(C)C. The van der Waals surface area contributed by atoms with Gasteiger partial charge in [0.2, 0.25) is 0 Å². The summed E-state index contributed by atoms with van der Waals surface area (Å²) in [6.45, 7) is 14.7. The molecule has 112 valence electrons. The molecule has 0 radical (unpaired) electrons. The predicted molar refractivity (Wildman–Crippen MR) is 75.6 cm³/mol. The average Bonchev–Trinajstić information content (AvgIpc) is 2.22. The first-order valence-electron chi connectivity index (χ1n) is 6.53. The van der Waals surface area contributed by atoms with Crippen molar-refractivity contribution in [3.05, 3.63) is 12.7 Å². The number of carbonyl (C=O) groups excluding carboxylic acids is 1. The highest BCUT2D eigenvalue weighted by Gasteiger charge is 2.46. The van der Waals surface area contributed by atoms with Gasteiger partial charge < -0.3 is 18.0 Å². The van der Waals surface area contributed by atoms with Gasteiger partial charge in [-0.1, -0.05) is 6.58 Å². The van der Waals surface area contributed by atoms with Gasteiger partial charge in [-0.15, -0.1) is 0 Å². The Labute approximate surface area is 117 Å². The van der Waals surface area contributed by atoms with E-state index < -0.39 is 14.8 Å². The van der Waals surface area contributed by atoms with Crippen LogP contribution >= 0.6 is 0 Å². The lowest BCUT2D eigenvalue weighted by Crippen LogP contribution is -2.55. The second kappa shape index (κ2) is 8.47. The molecule has 0 spiro atoms. The van der Waals surface area contributed by atoms with Crippen LogP contribution in [0.1, 0.15) is 41.5 Å². The summed E-state index contributed by atoms with van der Waals surface area (Å²) in [4.78, 5) is 11.2. The van der Waals surface area contributed by atoms with Gasteiger partial charge >= 0.3 is 14.8 Å². The molecule has 5 nitrogen and oxygen atoms in total. The molecule has 0 atom stereocenters. The van der Waals surface area contributed by atoms with Crippen molar-refractivity contribution in [1.29, 1.82) is 0 Å². The van der Waals surface area contributed by atoms with Crippen LogP contribution in [0.2, 0.25) is 0 Å². The highest BCUT2D eigenvalue weighted by molar-refractivity contribution is 6.61. The van der Waals surface area contributed by atoms with Crippen LogP contribution in [-0.4, -0.2) is 39.3 Å². The highest BCUT2D eigenvalue weighted by Crippen LogP contribution is 2.18. The van der Waals surface area contributed by atoms with Gasteiger partial charge in [-0.3, -0.25) is 0 Å². The van der Waals surface area contributed by atoms with E-state index in [0.717, 1.165) is 6.08 Å². The van der Waals surface area contributed by atoms with Crippen LogP contribution in [0.3, 0.4) is 0 Å². The van der Waals surface area contributed by atoms with Crippen molar-refractivity contribution in [3.8, 4) is 0 Å². The zero-order chi connectivity index (χ0) is 15.1. The Hall–Kier alpha value is -0.693. The fourth-order valence-corrected chi connectivity index (χ4v) is 4.33. The summed E-state index contributed by atoms with van der Waals surface area (Å²) in [6, 6.07) is 0. The van der Waals surface area contributed by atoms with Gasteiger partial charge in [0.1, 0.15) is 0 Å². The number of ether oxygens (including phenoxy) is 1. The molecule has 0 rings (SSSR count). The molecule has 0 bridgehead atoms. The maximum Gasteiger partial charge on any atom is 0.541 e. The Morgan fingerprint density at radius 2 is 1.37 bits per heavy atom. The smallest absolute Gasteiger partial charge is 0.458 e. The monoisotopic (exact) mass is 290 g/mol. The van der Waals surface area contributed by atoms with E-state index in [9.17, 15) is 4.79 Å². The molecule has 0 fully saturated rings. The lowest BCUT2D eigenvalue weighted by Gasteiger charge is -2.33. The minimum Gasteiger partial charge on any atom is -0.458 e. The standard InChI is InChI=1S/C13H26O5Si/c1-8-13(14)15-9-19(16-10(2)3,17-11(4)5)18-12(6)7/h8,10-12H,1,9H2,2-7H3. The molecule has 0 amide bonds. The van der Waals surface area contributed by atoms with Crippen molar-refractivity contribution < 1.29 is 22.8 Å². The first-order chi connectivity index (χ1) is 8.70. The van der Waals surface area contributed by atoms with E-state index in [1.807, 2.05) is 41.5 Å². The van der Waals surface area contributed by atoms with E-state index in [-0.39, 0.29) is 24.5 Å². The maximum atomic E-state index is 11.2. The number of esters is 1. The molecule has 0 aromatic carbocycles. The van der Waals surface area contributed by atoms with E-state index in [2.05, 4.69) is 6.58 Å². The number of rotatable bonds is 9. The summed E-state index contributed by atoms with van der Waals surface area (Å²) in [5, 5.41) is 0. The molecular formula is C13H26O5Si. The fourth-order valence-electron chi connectivity index (χ4n) is 1.48. The highest BCUT2D eigenvalue weighted by atomic mass is 28.4. The molecule has 0 saturated carbocycles. The largest absolute Gasteiger partial charge is 0.541 e. The molecule has 0 aliphatic carbocycles. The molecule has 0 N–H and O–H groups in total. The van der Waals surface area contributed by atoms with Crippen molar-refractivity contribution in [2.24, 2.45) is 0 Å². The van der Waals surface area contributed by atoms with Crippen LogP contribution in [0, 0.1) is 0 Å². The van der Waals surface area contributed by atoms with Gasteiger partial charge in [0.25, 0.3) is 0 Å². The van der Waals surface area contributed by atoms with Crippen molar-refractivity contribution >= 4 is 14.8 Å². The Kier molecular flexibility index (Phi) is 8.16. The zero-order valence-corrected chi connectivity index (χ0v) is 13.8. The van der Waals surface area contributed by atoms with Crippen LogP contribution in [0.5, 0.6) is 0 Å².